The Labute approximate surface area is 160 Å². The van der Waals surface area contributed by atoms with E-state index < -0.39 is 23.4 Å². The summed E-state index contributed by atoms with van der Waals surface area (Å²) >= 11 is 0. The Morgan fingerprint density at radius 3 is 2.68 bits per heavy atom. The predicted octanol–water partition coefficient (Wildman–Crippen LogP) is 1.26. The highest BCUT2D eigenvalue weighted by atomic mass is 16.5. The molecule has 142 valence electrons. The fourth-order valence-electron chi connectivity index (χ4n) is 3.93. The van der Waals surface area contributed by atoms with Crippen LogP contribution in [0.1, 0.15) is 30.9 Å². The van der Waals surface area contributed by atoms with Gasteiger partial charge in [-0.05, 0) is 19.9 Å². The van der Waals surface area contributed by atoms with Crippen molar-refractivity contribution in [2.75, 3.05) is 4.90 Å². The molecule has 3 heterocycles. The van der Waals surface area contributed by atoms with Gasteiger partial charge in [-0.3, -0.25) is 9.59 Å². The largest absolute Gasteiger partial charge is 0.457 e. The van der Waals surface area contributed by atoms with Gasteiger partial charge in [-0.2, -0.15) is 5.26 Å². The number of amides is 1. The zero-order valence-corrected chi connectivity index (χ0v) is 15.2. The third kappa shape index (κ3) is 2.02. The molecule has 0 bridgehead atoms. The Hall–Kier alpha value is -3.57. The van der Waals surface area contributed by atoms with Gasteiger partial charge in [0.1, 0.15) is 24.0 Å². The predicted molar refractivity (Wildman–Crippen MR) is 98.2 cm³/mol. The normalized spacial score (nSPS) is 20.2. The van der Waals surface area contributed by atoms with Crippen LogP contribution in [0.15, 0.2) is 51.0 Å². The number of aliphatic hydroxyl groups excluding tert-OH is 1. The van der Waals surface area contributed by atoms with Gasteiger partial charge in [0.2, 0.25) is 17.1 Å². The number of fused-ring (bicyclic) bond motifs is 4. The Morgan fingerprint density at radius 2 is 2.04 bits per heavy atom. The summed E-state index contributed by atoms with van der Waals surface area (Å²) in [5, 5.41) is 19.4. The second kappa shape index (κ2) is 5.97. The third-order valence-corrected chi connectivity index (χ3v) is 5.02. The zero-order valence-electron chi connectivity index (χ0n) is 15.2. The summed E-state index contributed by atoms with van der Waals surface area (Å²) in [5.41, 5.74) is 4.53. The smallest absolute Gasteiger partial charge is 0.251 e. The molecule has 3 N–H and O–H groups in total. The Bertz CT molecular complexity index is 1140. The van der Waals surface area contributed by atoms with Gasteiger partial charge in [0.05, 0.1) is 0 Å². The maximum absolute atomic E-state index is 13.8. The van der Waals surface area contributed by atoms with E-state index in [2.05, 4.69) is 0 Å². The standard InChI is InChI=1S/C20H17N3O5/c1-10(2)23-14-6-4-3-5-12(14)20(19(23)26)13(8-21)18(22)28-16-15(25)7-11(9-24)27-17(16)20/h3-7,10,24H,9,22H2,1-2H3. The van der Waals surface area contributed by atoms with E-state index in [1.165, 1.54) is 0 Å². The summed E-state index contributed by atoms with van der Waals surface area (Å²) < 4.78 is 11.1. The molecule has 1 spiro atoms. The Kier molecular flexibility index (Phi) is 3.80. The molecule has 1 aromatic heterocycles. The molecule has 1 unspecified atom stereocenters. The van der Waals surface area contributed by atoms with Crippen molar-refractivity contribution in [3.63, 3.8) is 0 Å². The zero-order chi connectivity index (χ0) is 20.2. The first-order valence-corrected chi connectivity index (χ1v) is 8.67. The number of carbonyl (C=O) groups is 1. The summed E-state index contributed by atoms with van der Waals surface area (Å²) in [5.74, 6) is -1.24. The third-order valence-electron chi connectivity index (χ3n) is 5.02. The lowest BCUT2D eigenvalue weighted by atomic mass is 9.72. The number of nitrogens with two attached hydrogens (primary N) is 1. The first-order valence-electron chi connectivity index (χ1n) is 8.67. The molecule has 1 amide bonds. The fourth-order valence-corrected chi connectivity index (χ4v) is 3.93. The molecule has 8 heteroatoms. The molecule has 1 atom stereocenters. The van der Waals surface area contributed by atoms with Crippen LogP contribution in [0.2, 0.25) is 0 Å². The lowest BCUT2D eigenvalue weighted by Gasteiger charge is -2.33. The van der Waals surface area contributed by atoms with Crippen molar-refractivity contribution < 1.29 is 19.1 Å². The van der Waals surface area contributed by atoms with Crippen LogP contribution in [-0.4, -0.2) is 17.1 Å². The number of aliphatic hydroxyl groups is 1. The van der Waals surface area contributed by atoms with Gasteiger partial charge < -0.3 is 24.9 Å². The number of rotatable bonds is 2. The topological polar surface area (TPSA) is 130 Å². The highest BCUT2D eigenvalue weighted by Crippen LogP contribution is 2.55. The van der Waals surface area contributed by atoms with Crippen molar-refractivity contribution in [2.45, 2.75) is 31.9 Å². The molecule has 0 fully saturated rings. The maximum Gasteiger partial charge on any atom is 0.251 e. The molecule has 0 saturated carbocycles. The Balaban J connectivity index is 2.20. The molecule has 2 aliphatic heterocycles. The van der Waals surface area contributed by atoms with Gasteiger partial charge in [0.25, 0.3) is 5.91 Å². The first-order chi connectivity index (χ1) is 13.4. The van der Waals surface area contributed by atoms with Crippen molar-refractivity contribution >= 4 is 11.6 Å². The lowest BCUT2D eigenvalue weighted by molar-refractivity contribution is -0.121. The van der Waals surface area contributed by atoms with Gasteiger partial charge >= 0.3 is 0 Å². The van der Waals surface area contributed by atoms with Crippen LogP contribution < -0.4 is 20.8 Å². The quantitative estimate of drug-likeness (QED) is 0.803. The minimum absolute atomic E-state index is 0.0437. The Morgan fingerprint density at radius 1 is 1.32 bits per heavy atom. The van der Waals surface area contributed by atoms with E-state index in [0.29, 0.717) is 11.3 Å². The number of benzene rings is 1. The highest BCUT2D eigenvalue weighted by Gasteiger charge is 2.62. The molecule has 0 aliphatic carbocycles. The van der Waals surface area contributed by atoms with Gasteiger partial charge in [-0.25, -0.2) is 0 Å². The molecule has 8 nitrogen and oxygen atoms in total. The molecule has 0 radical (unpaired) electrons. The van der Waals surface area contributed by atoms with E-state index in [1.54, 1.807) is 29.2 Å². The minimum Gasteiger partial charge on any atom is -0.457 e. The SMILES string of the molecule is CC(C)N1C(=O)C2(C(C#N)=C(N)Oc3c2oc(CO)cc3=O)c2ccccc21. The summed E-state index contributed by atoms with van der Waals surface area (Å²) in [6.45, 7) is 3.13. The summed E-state index contributed by atoms with van der Waals surface area (Å²) in [6, 6.07) is 9.78. The number of carbonyl (C=O) groups excluding carboxylic acids is 1. The number of para-hydroxylation sites is 1. The highest BCUT2D eigenvalue weighted by molar-refractivity contribution is 6.14. The number of ether oxygens (including phenoxy) is 1. The molecule has 2 aliphatic rings. The average Bonchev–Trinajstić information content (AvgIpc) is 2.92. The van der Waals surface area contributed by atoms with E-state index in [-0.39, 0.29) is 34.8 Å². The van der Waals surface area contributed by atoms with Crippen molar-refractivity contribution in [1.29, 1.82) is 5.26 Å². The summed E-state index contributed by atoms with van der Waals surface area (Å²) in [7, 11) is 0. The lowest BCUT2D eigenvalue weighted by Crippen LogP contribution is -2.48. The molecule has 2 aromatic rings. The molecule has 28 heavy (non-hydrogen) atoms. The number of nitriles is 1. The van der Waals surface area contributed by atoms with Crippen LogP contribution in [0, 0.1) is 11.3 Å². The summed E-state index contributed by atoms with van der Waals surface area (Å²) in [4.78, 5) is 27.9. The van der Waals surface area contributed by atoms with Crippen molar-refractivity contribution in [3.8, 4) is 11.8 Å². The van der Waals surface area contributed by atoms with Crippen LogP contribution in [0.5, 0.6) is 5.75 Å². The van der Waals surface area contributed by atoms with E-state index >= 15 is 0 Å². The van der Waals surface area contributed by atoms with Gasteiger partial charge in [0, 0.05) is 23.4 Å². The molecule has 4 rings (SSSR count). The second-order valence-corrected chi connectivity index (χ2v) is 6.88. The fraction of sp³-hybridized carbons (Fsp3) is 0.250. The first kappa shape index (κ1) is 17.8. The summed E-state index contributed by atoms with van der Waals surface area (Å²) in [6.07, 6.45) is 0. The van der Waals surface area contributed by atoms with Crippen molar-refractivity contribution in [1.82, 2.24) is 0 Å². The molecule has 1 aromatic carbocycles. The van der Waals surface area contributed by atoms with Crippen molar-refractivity contribution in [3.05, 3.63) is 69.1 Å². The second-order valence-electron chi connectivity index (χ2n) is 6.88. The van der Waals surface area contributed by atoms with E-state index in [1.807, 2.05) is 19.9 Å². The van der Waals surface area contributed by atoms with Crippen molar-refractivity contribution in [2.24, 2.45) is 5.73 Å². The monoisotopic (exact) mass is 379 g/mol. The maximum atomic E-state index is 13.8. The van der Waals surface area contributed by atoms with Crippen LogP contribution in [-0.2, 0) is 16.8 Å². The van der Waals surface area contributed by atoms with E-state index in [9.17, 15) is 20.0 Å². The van der Waals surface area contributed by atoms with Crippen LogP contribution in [0.3, 0.4) is 0 Å². The minimum atomic E-state index is -1.75. The molecular formula is C20H17N3O5. The number of hydrogen-bond donors (Lipinski definition) is 2. The van der Waals surface area contributed by atoms with E-state index in [0.717, 1.165) is 6.07 Å². The molecule has 0 saturated heterocycles. The van der Waals surface area contributed by atoms with E-state index in [4.69, 9.17) is 14.9 Å². The number of hydrogen-bond acceptors (Lipinski definition) is 7. The van der Waals surface area contributed by atoms with Crippen LogP contribution >= 0.6 is 0 Å². The van der Waals surface area contributed by atoms with Gasteiger partial charge in [0.15, 0.2) is 11.2 Å². The number of nitrogens with zero attached hydrogens (tertiary/aromatic N) is 2. The van der Waals surface area contributed by atoms with Gasteiger partial charge in [-0.15, -0.1) is 0 Å². The number of anilines is 1. The molecular weight excluding hydrogens is 362 g/mol. The van der Waals surface area contributed by atoms with Crippen LogP contribution in [0.25, 0.3) is 0 Å². The average molecular weight is 379 g/mol. The van der Waals surface area contributed by atoms with Crippen LogP contribution in [0.4, 0.5) is 5.69 Å². The van der Waals surface area contributed by atoms with Gasteiger partial charge in [-0.1, -0.05) is 18.2 Å².